The van der Waals surface area contributed by atoms with Gasteiger partial charge in [-0.25, -0.2) is 9.97 Å². The minimum absolute atomic E-state index is 0.00454. The number of carbonyl (C=O) groups is 1. The molecular weight excluding hydrogens is 384 g/mol. The lowest BCUT2D eigenvalue weighted by Crippen LogP contribution is -2.23. The summed E-state index contributed by atoms with van der Waals surface area (Å²) in [5.74, 6) is -0.488. The Morgan fingerprint density at radius 3 is 2.73 bits per heavy atom. The molecule has 30 heavy (non-hydrogen) atoms. The lowest BCUT2D eigenvalue weighted by molar-refractivity contribution is -0.145. The first-order valence-corrected chi connectivity index (χ1v) is 9.53. The van der Waals surface area contributed by atoms with Crippen LogP contribution in [-0.2, 0) is 22.7 Å². The fraction of sp³-hybridized carbons (Fsp3) is 0.227. The van der Waals surface area contributed by atoms with Crippen molar-refractivity contribution in [2.45, 2.75) is 33.4 Å². The molecule has 4 aromatic rings. The summed E-state index contributed by atoms with van der Waals surface area (Å²) in [4.78, 5) is 45.7. The predicted molar refractivity (Wildman–Crippen MR) is 111 cm³/mol. The van der Waals surface area contributed by atoms with E-state index in [1.54, 1.807) is 18.2 Å². The summed E-state index contributed by atoms with van der Waals surface area (Å²) in [5.41, 5.74) is 2.80. The average molecular weight is 404 g/mol. The third-order valence-electron chi connectivity index (χ3n) is 4.93. The highest BCUT2D eigenvalue weighted by atomic mass is 16.5. The molecule has 3 aromatic heterocycles. The van der Waals surface area contributed by atoms with Gasteiger partial charge in [-0.05, 0) is 37.6 Å². The number of ether oxygens (including phenoxy) is 1. The highest BCUT2D eigenvalue weighted by Gasteiger charge is 2.10. The summed E-state index contributed by atoms with van der Waals surface area (Å²) in [6.45, 7) is 3.76. The van der Waals surface area contributed by atoms with Gasteiger partial charge in [0.25, 0.3) is 11.1 Å². The van der Waals surface area contributed by atoms with Crippen molar-refractivity contribution >= 4 is 22.5 Å². The van der Waals surface area contributed by atoms with Crippen LogP contribution in [0.15, 0.2) is 58.4 Å². The van der Waals surface area contributed by atoms with Crippen molar-refractivity contribution in [2.75, 3.05) is 0 Å². The SMILES string of the molecule is Cc1cccc2c(=O)n(CCC(=O)OCc3cc(=O)n4c(C)cccc4n3)cnc12. The monoisotopic (exact) mass is 404 g/mol. The molecule has 0 saturated carbocycles. The molecule has 0 atom stereocenters. The average Bonchev–Trinajstić information content (AvgIpc) is 2.72. The largest absolute Gasteiger partial charge is 0.459 e. The van der Waals surface area contributed by atoms with Crippen molar-refractivity contribution in [2.24, 2.45) is 0 Å². The first-order chi connectivity index (χ1) is 14.4. The molecule has 8 nitrogen and oxygen atoms in total. The number of esters is 1. The summed E-state index contributed by atoms with van der Waals surface area (Å²) in [5, 5.41) is 0.516. The number of benzene rings is 1. The van der Waals surface area contributed by atoms with Crippen LogP contribution < -0.4 is 11.1 Å². The number of para-hydroxylation sites is 1. The van der Waals surface area contributed by atoms with Crippen molar-refractivity contribution in [1.82, 2.24) is 18.9 Å². The molecule has 0 saturated heterocycles. The minimum atomic E-state index is -0.488. The van der Waals surface area contributed by atoms with Crippen LogP contribution in [0.4, 0.5) is 0 Å². The zero-order chi connectivity index (χ0) is 21.3. The zero-order valence-electron chi connectivity index (χ0n) is 16.7. The summed E-state index contributed by atoms with van der Waals surface area (Å²) in [6, 6.07) is 12.1. The molecule has 1 aromatic carbocycles. The summed E-state index contributed by atoms with van der Waals surface area (Å²) >= 11 is 0. The highest BCUT2D eigenvalue weighted by Crippen LogP contribution is 2.11. The number of rotatable bonds is 5. The second-order valence-corrected chi connectivity index (χ2v) is 7.07. The molecule has 0 spiro atoms. The highest BCUT2D eigenvalue weighted by molar-refractivity contribution is 5.80. The maximum absolute atomic E-state index is 12.6. The van der Waals surface area contributed by atoms with Crippen LogP contribution in [0, 0.1) is 13.8 Å². The molecule has 0 aliphatic heterocycles. The Kier molecular flexibility index (Phi) is 5.14. The van der Waals surface area contributed by atoms with E-state index >= 15 is 0 Å². The van der Waals surface area contributed by atoms with Crippen LogP contribution >= 0.6 is 0 Å². The van der Waals surface area contributed by atoms with Gasteiger partial charge in [0.1, 0.15) is 12.3 Å². The quantitative estimate of drug-likeness (QED) is 0.473. The molecule has 0 radical (unpaired) electrons. The molecule has 0 aliphatic rings. The van der Waals surface area contributed by atoms with E-state index in [0.717, 1.165) is 11.3 Å². The van der Waals surface area contributed by atoms with Crippen molar-refractivity contribution in [3.63, 3.8) is 0 Å². The van der Waals surface area contributed by atoms with Gasteiger partial charge in [0.15, 0.2) is 0 Å². The smallest absolute Gasteiger partial charge is 0.307 e. The number of pyridine rings is 1. The van der Waals surface area contributed by atoms with Gasteiger partial charge < -0.3 is 4.74 Å². The summed E-state index contributed by atoms with van der Waals surface area (Å²) in [6.07, 6.45) is 1.45. The third kappa shape index (κ3) is 3.71. The van der Waals surface area contributed by atoms with E-state index in [4.69, 9.17) is 4.74 Å². The lowest BCUT2D eigenvalue weighted by atomic mass is 10.1. The Hall–Kier alpha value is -3.81. The molecule has 152 valence electrons. The van der Waals surface area contributed by atoms with E-state index in [-0.39, 0.29) is 30.7 Å². The van der Waals surface area contributed by atoms with Crippen molar-refractivity contribution in [1.29, 1.82) is 0 Å². The van der Waals surface area contributed by atoms with Crippen LogP contribution in [0.25, 0.3) is 16.6 Å². The van der Waals surface area contributed by atoms with E-state index in [1.807, 2.05) is 32.0 Å². The van der Waals surface area contributed by atoms with Crippen LogP contribution in [0.3, 0.4) is 0 Å². The van der Waals surface area contributed by atoms with Gasteiger partial charge in [-0.3, -0.25) is 23.4 Å². The molecule has 4 rings (SSSR count). The van der Waals surface area contributed by atoms with Gasteiger partial charge in [0.05, 0.1) is 29.3 Å². The van der Waals surface area contributed by atoms with Gasteiger partial charge in [-0.1, -0.05) is 18.2 Å². The Balaban J connectivity index is 1.43. The van der Waals surface area contributed by atoms with Crippen molar-refractivity contribution in [3.8, 4) is 0 Å². The fourth-order valence-corrected chi connectivity index (χ4v) is 3.37. The van der Waals surface area contributed by atoms with Gasteiger partial charge in [-0.15, -0.1) is 0 Å². The Morgan fingerprint density at radius 2 is 1.90 bits per heavy atom. The van der Waals surface area contributed by atoms with E-state index < -0.39 is 5.97 Å². The topological polar surface area (TPSA) is 95.6 Å². The molecule has 0 unspecified atom stereocenters. The number of aryl methyl sites for hydroxylation is 3. The Morgan fingerprint density at radius 1 is 1.10 bits per heavy atom. The van der Waals surface area contributed by atoms with Gasteiger partial charge in [0, 0.05) is 18.3 Å². The maximum Gasteiger partial charge on any atom is 0.307 e. The van der Waals surface area contributed by atoms with Crippen LogP contribution in [0.1, 0.15) is 23.4 Å². The van der Waals surface area contributed by atoms with Crippen LogP contribution in [0.5, 0.6) is 0 Å². The first kappa shape index (κ1) is 19.5. The first-order valence-electron chi connectivity index (χ1n) is 9.53. The van der Waals surface area contributed by atoms with Gasteiger partial charge >= 0.3 is 5.97 Å². The van der Waals surface area contributed by atoms with Gasteiger partial charge in [-0.2, -0.15) is 0 Å². The maximum atomic E-state index is 12.6. The van der Waals surface area contributed by atoms with Crippen molar-refractivity contribution in [3.05, 3.63) is 86.5 Å². The third-order valence-corrected chi connectivity index (χ3v) is 4.93. The second-order valence-electron chi connectivity index (χ2n) is 7.07. The van der Waals surface area contributed by atoms with E-state index in [1.165, 1.54) is 21.4 Å². The van der Waals surface area contributed by atoms with E-state index in [2.05, 4.69) is 9.97 Å². The molecule has 3 heterocycles. The molecule has 0 fully saturated rings. The molecule has 0 N–H and O–H groups in total. The second kappa shape index (κ2) is 7.90. The number of fused-ring (bicyclic) bond motifs is 2. The van der Waals surface area contributed by atoms with Crippen molar-refractivity contribution < 1.29 is 9.53 Å². The summed E-state index contributed by atoms with van der Waals surface area (Å²) < 4.78 is 8.13. The normalized spacial score (nSPS) is 11.1. The Labute approximate surface area is 171 Å². The standard InChI is InChI=1S/C22H20N4O4/c1-14-5-3-7-17-21(14)23-13-25(22(17)29)10-9-20(28)30-12-16-11-19(27)26-15(2)6-4-8-18(26)24-16/h3-8,11,13H,9-10,12H2,1-2H3. The zero-order valence-corrected chi connectivity index (χ0v) is 16.7. The molecule has 0 aliphatic carbocycles. The molecule has 0 bridgehead atoms. The van der Waals surface area contributed by atoms with E-state index in [9.17, 15) is 14.4 Å². The number of nitrogens with zero attached hydrogens (tertiary/aromatic N) is 4. The van der Waals surface area contributed by atoms with E-state index in [0.29, 0.717) is 22.2 Å². The number of aromatic nitrogens is 4. The summed E-state index contributed by atoms with van der Waals surface area (Å²) in [7, 11) is 0. The van der Waals surface area contributed by atoms with Crippen LogP contribution in [0.2, 0.25) is 0 Å². The minimum Gasteiger partial charge on any atom is -0.459 e. The lowest BCUT2D eigenvalue weighted by Gasteiger charge is -2.09. The number of carbonyl (C=O) groups excluding carboxylic acids is 1. The number of hydrogen-bond acceptors (Lipinski definition) is 6. The Bertz CT molecular complexity index is 1390. The van der Waals surface area contributed by atoms with Crippen LogP contribution in [-0.4, -0.2) is 24.9 Å². The predicted octanol–water partition coefficient (Wildman–Crippen LogP) is 2.15. The number of hydrogen-bond donors (Lipinski definition) is 0. The fourth-order valence-electron chi connectivity index (χ4n) is 3.37. The molecule has 8 heteroatoms. The molecule has 0 amide bonds. The molecular formula is C22H20N4O4. The van der Waals surface area contributed by atoms with Gasteiger partial charge in [0.2, 0.25) is 0 Å².